The zero-order valence-corrected chi connectivity index (χ0v) is 13.1. The number of thioether (sulfide) groups is 1. The van der Waals surface area contributed by atoms with Gasteiger partial charge < -0.3 is 10.4 Å². The van der Waals surface area contributed by atoms with Crippen molar-refractivity contribution in [2.24, 2.45) is 5.92 Å². The summed E-state index contributed by atoms with van der Waals surface area (Å²) in [7, 11) is 0. The third-order valence-electron chi connectivity index (χ3n) is 2.66. The van der Waals surface area contributed by atoms with Crippen LogP contribution in [0, 0.1) is 5.92 Å². The van der Waals surface area contributed by atoms with Gasteiger partial charge in [0, 0.05) is 0 Å². The molecule has 6 nitrogen and oxygen atoms in total. The molecule has 0 spiro atoms. The third-order valence-corrected chi connectivity index (χ3v) is 4.70. The molecule has 0 amide bonds. The molecule has 0 bridgehead atoms. The fourth-order valence-corrected chi connectivity index (χ4v) is 3.25. The highest BCUT2D eigenvalue weighted by molar-refractivity contribution is 8.00. The lowest BCUT2D eigenvalue weighted by atomic mass is 10.0. The zero-order valence-electron chi connectivity index (χ0n) is 11.5. The lowest BCUT2D eigenvalue weighted by Crippen LogP contribution is -2.31. The number of aliphatic carboxylic acids is 1. The second-order valence-corrected chi connectivity index (χ2v) is 6.78. The first-order valence-corrected chi connectivity index (χ1v) is 8.20. The van der Waals surface area contributed by atoms with E-state index in [2.05, 4.69) is 20.3 Å². The number of nitrogens with one attached hydrogen (secondary N) is 1. The highest BCUT2D eigenvalue weighted by Crippen LogP contribution is 2.31. The number of aromatic nitrogens is 3. The first-order chi connectivity index (χ1) is 9.51. The monoisotopic (exact) mass is 312 g/mol. The summed E-state index contributed by atoms with van der Waals surface area (Å²) < 4.78 is 1.69. The third kappa shape index (κ3) is 3.37. The topological polar surface area (TPSA) is 88.0 Å². The van der Waals surface area contributed by atoms with Gasteiger partial charge in [0.1, 0.15) is 22.9 Å². The number of rotatable bonds is 6. The van der Waals surface area contributed by atoms with Crippen LogP contribution in [-0.4, -0.2) is 38.3 Å². The number of hydrogen-bond donors (Lipinski definition) is 2. The Bertz CT molecular complexity index is 615. The van der Waals surface area contributed by atoms with E-state index >= 15 is 0 Å². The molecular formula is C12H16N4O2S2. The van der Waals surface area contributed by atoms with E-state index in [0.717, 1.165) is 9.04 Å². The quantitative estimate of drug-likeness (QED) is 0.793. The Balaban J connectivity index is 2.31. The Morgan fingerprint density at radius 1 is 1.50 bits per heavy atom. The van der Waals surface area contributed by atoms with E-state index in [0.29, 0.717) is 17.9 Å². The van der Waals surface area contributed by atoms with E-state index < -0.39 is 12.0 Å². The predicted molar refractivity (Wildman–Crippen MR) is 81.5 cm³/mol. The lowest BCUT2D eigenvalue weighted by molar-refractivity contribution is -0.138. The first kappa shape index (κ1) is 15.0. The highest BCUT2D eigenvalue weighted by atomic mass is 32.2. The van der Waals surface area contributed by atoms with Crippen molar-refractivity contribution in [3.8, 4) is 0 Å². The van der Waals surface area contributed by atoms with Gasteiger partial charge in [-0.05, 0) is 18.6 Å². The van der Waals surface area contributed by atoms with Crippen molar-refractivity contribution in [3.05, 3.63) is 6.33 Å². The smallest absolute Gasteiger partial charge is 0.326 e. The molecule has 8 heteroatoms. The molecule has 2 rings (SSSR count). The number of carbonyl (C=O) groups is 1. The number of nitrogens with zero attached hydrogens (tertiary/aromatic N) is 3. The van der Waals surface area contributed by atoms with Crippen LogP contribution in [0.5, 0.6) is 0 Å². The van der Waals surface area contributed by atoms with Crippen LogP contribution in [0.4, 0.5) is 5.82 Å². The van der Waals surface area contributed by atoms with Gasteiger partial charge in [0.2, 0.25) is 0 Å². The van der Waals surface area contributed by atoms with E-state index in [9.17, 15) is 9.90 Å². The van der Waals surface area contributed by atoms with Gasteiger partial charge in [-0.2, -0.15) is 0 Å². The van der Waals surface area contributed by atoms with Crippen LogP contribution >= 0.6 is 23.1 Å². The van der Waals surface area contributed by atoms with Gasteiger partial charge in [0.25, 0.3) is 0 Å². The molecule has 0 saturated heterocycles. The Kier molecular flexibility index (Phi) is 4.77. The average molecular weight is 312 g/mol. The maximum atomic E-state index is 11.3. The van der Waals surface area contributed by atoms with Crippen molar-refractivity contribution in [3.63, 3.8) is 0 Å². The number of thiazole rings is 1. The van der Waals surface area contributed by atoms with Gasteiger partial charge in [0.05, 0.1) is 0 Å². The zero-order chi connectivity index (χ0) is 14.7. The van der Waals surface area contributed by atoms with Gasteiger partial charge in [-0.1, -0.05) is 25.6 Å². The molecule has 1 atom stereocenters. The minimum Gasteiger partial charge on any atom is -0.480 e. The van der Waals surface area contributed by atoms with Crippen molar-refractivity contribution in [2.75, 3.05) is 11.6 Å². The van der Waals surface area contributed by atoms with Crippen molar-refractivity contribution in [1.29, 1.82) is 0 Å². The Hall–Kier alpha value is -1.41. The number of anilines is 1. The number of carboxylic acid groups (broad SMARTS) is 1. The lowest BCUT2D eigenvalue weighted by Gasteiger charge is -2.16. The maximum absolute atomic E-state index is 11.3. The van der Waals surface area contributed by atoms with Gasteiger partial charge in [-0.3, -0.25) is 0 Å². The molecule has 0 aliphatic rings. The van der Waals surface area contributed by atoms with E-state index in [-0.39, 0.29) is 5.92 Å². The number of hydrogen-bond acceptors (Lipinski definition) is 7. The maximum Gasteiger partial charge on any atom is 0.326 e. The molecule has 2 aromatic heterocycles. The molecule has 0 radical (unpaired) electrons. The summed E-state index contributed by atoms with van der Waals surface area (Å²) in [6.07, 6.45) is 3.88. The van der Waals surface area contributed by atoms with Crippen molar-refractivity contribution in [2.45, 2.75) is 30.6 Å². The molecule has 108 valence electrons. The largest absolute Gasteiger partial charge is 0.480 e. The summed E-state index contributed by atoms with van der Waals surface area (Å²) in [5.41, 5.74) is 0.602. The van der Waals surface area contributed by atoms with Gasteiger partial charge in [0.15, 0.2) is 9.99 Å². The predicted octanol–water partition coefficient (Wildman–Crippen LogP) is 2.72. The molecule has 0 unspecified atom stereocenters. The fraction of sp³-hybridized carbons (Fsp3) is 0.500. The normalized spacial score (nSPS) is 12.8. The molecular weight excluding hydrogens is 296 g/mol. The second-order valence-electron chi connectivity index (χ2n) is 4.72. The van der Waals surface area contributed by atoms with Crippen LogP contribution in [-0.2, 0) is 4.79 Å². The summed E-state index contributed by atoms with van der Waals surface area (Å²) in [4.78, 5) is 23.9. The van der Waals surface area contributed by atoms with E-state index in [4.69, 9.17) is 0 Å². The summed E-state index contributed by atoms with van der Waals surface area (Å²) in [6, 6.07) is -0.659. The molecule has 0 aromatic carbocycles. The second kappa shape index (κ2) is 6.36. The summed E-state index contributed by atoms with van der Waals surface area (Å²) >= 11 is 3.00. The SMILES string of the molecule is CSc1nc2ncnc(N[C@@H](CC(C)C)C(=O)O)c2s1. The average Bonchev–Trinajstić information content (AvgIpc) is 2.81. The van der Waals surface area contributed by atoms with Crippen molar-refractivity contribution >= 4 is 45.2 Å². The molecule has 2 N–H and O–H groups in total. The van der Waals surface area contributed by atoms with Crippen LogP contribution in [0.3, 0.4) is 0 Å². The van der Waals surface area contributed by atoms with Crippen molar-refractivity contribution in [1.82, 2.24) is 15.0 Å². The van der Waals surface area contributed by atoms with Gasteiger partial charge in [-0.15, -0.1) is 11.3 Å². The fourth-order valence-electron chi connectivity index (χ4n) is 1.78. The minimum atomic E-state index is -0.875. The van der Waals surface area contributed by atoms with Crippen molar-refractivity contribution < 1.29 is 9.90 Å². The van der Waals surface area contributed by atoms with Crippen LogP contribution in [0.1, 0.15) is 20.3 Å². The van der Waals surface area contributed by atoms with E-state index in [1.165, 1.54) is 29.4 Å². The molecule has 2 aromatic rings. The highest BCUT2D eigenvalue weighted by Gasteiger charge is 2.21. The summed E-state index contributed by atoms with van der Waals surface area (Å²) in [6.45, 7) is 3.98. The first-order valence-electron chi connectivity index (χ1n) is 6.16. The molecule has 20 heavy (non-hydrogen) atoms. The van der Waals surface area contributed by atoms with Crippen LogP contribution in [0.2, 0.25) is 0 Å². The van der Waals surface area contributed by atoms with Gasteiger partial charge in [-0.25, -0.2) is 19.7 Å². The number of fused-ring (bicyclic) bond motifs is 1. The Labute approximate surface area is 125 Å². The molecule has 0 aliphatic carbocycles. The summed E-state index contributed by atoms with van der Waals surface area (Å²) in [5, 5.41) is 12.3. The van der Waals surface area contributed by atoms with Crippen LogP contribution in [0.15, 0.2) is 10.7 Å². The standard InChI is InChI=1S/C12H16N4O2S2/c1-6(2)4-7(11(17)18)15-9-8-10(14-5-13-9)16-12(19-3)20-8/h5-7H,4H2,1-3H3,(H,17,18)(H,13,14,15)/t7-/m0/s1. The molecule has 2 heterocycles. The molecule has 0 aliphatic heterocycles. The van der Waals surface area contributed by atoms with Crippen LogP contribution in [0.25, 0.3) is 10.3 Å². The van der Waals surface area contributed by atoms with Crippen LogP contribution < -0.4 is 5.32 Å². The Morgan fingerprint density at radius 2 is 2.25 bits per heavy atom. The molecule has 0 fully saturated rings. The van der Waals surface area contributed by atoms with E-state index in [1.54, 1.807) is 0 Å². The van der Waals surface area contributed by atoms with E-state index in [1.807, 2.05) is 20.1 Å². The molecule has 0 saturated carbocycles. The van der Waals surface area contributed by atoms with Gasteiger partial charge >= 0.3 is 5.97 Å². The number of carboxylic acids is 1. The minimum absolute atomic E-state index is 0.282. The Morgan fingerprint density at radius 3 is 2.85 bits per heavy atom. The summed E-state index contributed by atoms with van der Waals surface area (Å²) in [5.74, 6) is -0.0509.